The molecule has 138 valence electrons. The van der Waals surface area contributed by atoms with Crippen LogP contribution in [0.2, 0.25) is 0 Å². The molecule has 6 heteroatoms. The third-order valence-electron chi connectivity index (χ3n) is 6.14. The highest BCUT2D eigenvalue weighted by Gasteiger charge is 2.56. The number of aromatic nitrogens is 1. The molecule has 0 bridgehead atoms. The fourth-order valence-corrected chi connectivity index (χ4v) is 5.24. The first-order valence-corrected chi connectivity index (χ1v) is 9.65. The van der Waals surface area contributed by atoms with Crippen molar-refractivity contribution < 1.29 is 14.3 Å². The van der Waals surface area contributed by atoms with Gasteiger partial charge in [0.15, 0.2) is 5.79 Å². The van der Waals surface area contributed by atoms with Gasteiger partial charge in [0.05, 0.1) is 17.3 Å². The summed E-state index contributed by atoms with van der Waals surface area (Å²) >= 11 is 0. The maximum Gasteiger partial charge on any atom is 0.326 e. The van der Waals surface area contributed by atoms with Crippen LogP contribution in [-0.2, 0) is 15.9 Å². The predicted molar refractivity (Wildman–Crippen MR) is 98.3 cm³/mol. The van der Waals surface area contributed by atoms with Gasteiger partial charge < -0.3 is 14.8 Å². The van der Waals surface area contributed by atoms with Gasteiger partial charge in [-0.05, 0) is 31.9 Å². The Bertz CT molecular complexity index is 869. The van der Waals surface area contributed by atoms with E-state index in [1.54, 1.807) is 0 Å². The number of ether oxygens (including phenoxy) is 2. The molecule has 0 aliphatic carbocycles. The molecule has 0 spiro atoms. The maximum absolute atomic E-state index is 13.1. The summed E-state index contributed by atoms with van der Waals surface area (Å²) in [6.07, 6.45) is 1.75. The number of para-hydroxylation sites is 1. The molecule has 4 heterocycles. The van der Waals surface area contributed by atoms with Gasteiger partial charge in [-0.25, -0.2) is 4.79 Å². The molecule has 2 aromatic rings. The van der Waals surface area contributed by atoms with E-state index in [0.717, 1.165) is 37.1 Å². The number of hydrogen-bond acceptors (Lipinski definition) is 4. The number of benzene rings is 1. The second-order valence-corrected chi connectivity index (χ2v) is 7.30. The van der Waals surface area contributed by atoms with Crippen molar-refractivity contribution in [3.8, 4) is 0 Å². The minimum absolute atomic E-state index is 0.0729. The molecule has 6 nitrogen and oxygen atoms in total. The van der Waals surface area contributed by atoms with E-state index in [9.17, 15) is 4.79 Å². The molecule has 0 saturated carbocycles. The molecule has 1 N–H and O–H groups in total. The van der Waals surface area contributed by atoms with Crippen molar-refractivity contribution in [2.45, 2.75) is 44.6 Å². The molecule has 2 atom stereocenters. The van der Waals surface area contributed by atoms with E-state index >= 15 is 0 Å². The smallest absolute Gasteiger partial charge is 0.326 e. The van der Waals surface area contributed by atoms with Gasteiger partial charge in [0.25, 0.3) is 0 Å². The fraction of sp³-hybridized carbons (Fsp3) is 0.550. The van der Waals surface area contributed by atoms with Gasteiger partial charge in [-0.1, -0.05) is 18.2 Å². The van der Waals surface area contributed by atoms with E-state index in [4.69, 9.17) is 9.47 Å². The van der Waals surface area contributed by atoms with Crippen LogP contribution in [0.15, 0.2) is 24.3 Å². The van der Waals surface area contributed by atoms with Crippen LogP contribution < -0.4 is 5.32 Å². The average Bonchev–Trinajstić information content (AvgIpc) is 2.99. The number of rotatable bonds is 4. The Balaban J connectivity index is 1.73. The number of piperidine rings is 1. The molecule has 26 heavy (non-hydrogen) atoms. The van der Waals surface area contributed by atoms with Crippen molar-refractivity contribution in [3.05, 3.63) is 35.5 Å². The lowest BCUT2D eigenvalue weighted by Crippen LogP contribution is -2.69. The first-order valence-electron chi connectivity index (χ1n) is 9.65. The van der Waals surface area contributed by atoms with Gasteiger partial charge in [-0.3, -0.25) is 9.47 Å². The summed E-state index contributed by atoms with van der Waals surface area (Å²) in [4.78, 5) is 15.6. The first kappa shape index (κ1) is 16.3. The number of hydrogen-bond donors (Lipinski definition) is 1. The second-order valence-electron chi connectivity index (χ2n) is 7.30. The summed E-state index contributed by atoms with van der Waals surface area (Å²) in [5.41, 5.74) is 3.44. The Kier molecular flexibility index (Phi) is 3.64. The van der Waals surface area contributed by atoms with E-state index in [1.165, 1.54) is 10.9 Å². The highest BCUT2D eigenvalue weighted by molar-refractivity contribution is 5.97. The Morgan fingerprint density at radius 1 is 1.19 bits per heavy atom. The van der Waals surface area contributed by atoms with Crippen molar-refractivity contribution in [2.24, 2.45) is 0 Å². The van der Waals surface area contributed by atoms with Gasteiger partial charge in [-0.2, -0.15) is 0 Å². The van der Waals surface area contributed by atoms with E-state index in [-0.39, 0.29) is 18.1 Å². The van der Waals surface area contributed by atoms with Gasteiger partial charge in [0, 0.05) is 38.1 Å². The summed E-state index contributed by atoms with van der Waals surface area (Å²) in [6, 6.07) is 8.05. The van der Waals surface area contributed by atoms with Crippen LogP contribution in [0.3, 0.4) is 0 Å². The van der Waals surface area contributed by atoms with Crippen LogP contribution in [0.4, 0.5) is 4.79 Å². The minimum atomic E-state index is -0.753. The van der Waals surface area contributed by atoms with Crippen LogP contribution >= 0.6 is 0 Å². The lowest BCUT2D eigenvalue weighted by atomic mass is 9.82. The first-order chi connectivity index (χ1) is 12.7. The Hall–Kier alpha value is -1.89. The Labute approximate surface area is 153 Å². The number of fused-ring (bicyclic) bond motifs is 3. The molecule has 3 aliphatic rings. The largest absolute Gasteiger partial charge is 0.348 e. The van der Waals surface area contributed by atoms with Gasteiger partial charge in [-0.15, -0.1) is 0 Å². The van der Waals surface area contributed by atoms with E-state index < -0.39 is 5.79 Å². The van der Waals surface area contributed by atoms with Gasteiger partial charge in [0.1, 0.15) is 6.04 Å². The monoisotopic (exact) mass is 355 g/mol. The van der Waals surface area contributed by atoms with Crippen LogP contribution in [-0.4, -0.2) is 53.6 Å². The fourth-order valence-electron chi connectivity index (χ4n) is 5.24. The SMILES string of the molecule is CCOC1(OCC)CCN2CCc3c4n(c5ccccc35)C(=O)N[C@H]1[C@@H]42. The molecular weight excluding hydrogens is 330 g/mol. The van der Waals surface area contributed by atoms with Crippen LogP contribution in [0, 0.1) is 0 Å². The van der Waals surface area contributed by atoms with E-state index in [1.807, 2.05) is 30.5 Å². The lowest BCUT2D eigenvalue weighted by molar-refractivity contribution is -0.277. The molecular formula is C20H25N3O3. The van der Waals surface area contributed by atoms with Gasteiger partial charge >= 0.3 is 6.03 Å². The summed E-state index contributed by atoms with van der Waals surface area (Å²) in [5.74, 6) is -0.753. The zero-order valence-electron chi connectivity index (χ0n) is 15.3. The molecule has 0 radical (unpaired) electrons. The van der Waals surface area contributed by atoms with Crippen molar-refractivity contribution in [3.63, 3.8) is 0 Å². The topological polar surface area (TPSA) is 55.7 Å². The third kappa shape index (κ3) is 2.00. The number of nitrogens with one attached hydrogen (secondary N) is 1. The lowest BCUT2D eigenvalue weighted by Gasteiger charge is -2.54. The molecule has 1 saturated heterocycles. The summed E-state index contributed by atoms with van der Waals surface area (Å²) < 4.78 is 14.2. The number of nitrogens with zero attached hydrogens (tertiary/aromatic N) is 2. The zero-order chi connectivity index (χ0) is 17.9. The zero-order valence-corrected chi connectivity index (χ0v) is 15.3. The van der Waals surface area contributed by atoms with E-state index in [2.05, 4.69) is 22.3 Å². The number of amides is 1. The number of carbonyl (C=O) groups excluding carboxylic acids is 1. The average molecular weight is 355 g/mol. The standard InChI is InChI=1S/C20H25N3O3/c1-3-25-20(26-4-2)10-12-22-11-9-14-13-7-5-6-8-15(13)23-16(14)17(22)18(20)21-19(23)24/h5-8,17-18H,3-4,9-12H2,1-2H3,(H,21,24)/t17-,18+/m1/s1. The molecule has 0 unspecified atom stereocenters. The van der Waals surface area contributed by atoms with Crippen molar-refractivity contribution >= 4 is 16.9 Å². The Morgan fingerprint density at radius 3 is 2.73 bits per heavy atom. The summed E-state index contributed by atoms with van der Waals surface area (Å²) in [6.45, 7) is 7.02. The van der Waals surface area contributed by atoms with Gasteiger partial charge in [0.2, 0.25) is 0 Å². The maximum atomic E-state index is 13.1. The molecule has 3 aliphatic heterocycles. The third-order valence-corrected chi connectivity index (χ3v) is 6.14. The minimum Gasteiger partial charge on any atom is -0.348 e. The molecule has 5 rings (SSSR count). The molecule has 1 amide bonds. The normalized spacial score (nSPS) is 26.6. The van der Waals surface area contributed by atoms with Crippen LogP contribution in [0.1, 0.15) is 37.6 Å². The second kappa shape index (κ2) is 5.81. The van der Waals surface area contributed by atoms with Crippen molar-refractivity contribution in [1.82, 2.24) is 14.8 Å². The van der Waals surface area contributed by atoms with Crippen LogP contribution in [0.25, 0.3) is 10.9 Å². The number of carbonyl (C=O) groups is 1. The molecule has 1 aromatic heterocycles. The van der Waals surface area contributed by atoms with Crippen molar-refractivity contribution in [2.75, 3.05) is 26.3 Å². The Morgan fingerprint density at radius 2 is 1.96 bits per heavy atom. The summed E-state index contributed by atoms with van der Waals surface area (Å²) in [7, 11) is 0. The quantitative estimate of drug-likeness (QED) is 0.857. The summed E-state index contributed by atoms with van der Waals surface area (Å²) in [5, 5.41) is 4.43. The highest BCUT2D eigenvalue weighted by atomic mass is 16.7. The molecule has 1 aromatic carbocycles. The predicted octanol–water partition coefficient (Wildman–Crippen LogP) is 2.65. The highest BCUT2D eigenvalue weighted by Crippen LogP contribution is 2.47. The molecule has 1 fully saturated rings. The van der Waals surface area contributed by atoms with Crippen LogP contribution in [0.5, 0.6) is 0 Å². The van der Waals surface area contributed by atoms with E-state index in [0.29, 0.717) is 13.2 Å². The van der Waals surface area contributed by atoms with Crippen molar-refractivity contribution in [1.29, 1.82) is 0 Å².